The predicted octanol–water partition coefficient (Wildman–Crippen LogP) is 1.66. The molecule has 0 radical (unpaired) electrons. The average Bonchev–Trinajstić information content (AvgIpc) is 2.13. The second-order valence-electron chi connectivity index (χ2n) is 2.81. The van der Waals surface area contributed by atoms with Gasteiger partial charge < -0.3 is 0 Å². The van der Waals surface area contributed by atoms with Crippen molar-refractivity contribution in [1.29, 1.82) is 5.26 Å². The molecule has 0 N–H and O–H groups in total. The number of rotatable bonds is 0. The summed E-state index contributed by atoms with van der Waals surface area (Å²) in [4.78, 5) is 10.9. The smallest absolute Gasteiger partial charge is 0.134 e. The summed E-state index contributed by atoms with van der Waals surface area (Å²) < 4.78 is 0. The maximum atomic E-state index is 10.9. The summed E-state index contributed by atoms with van der Waals surface area (Å²) in [6.07, 6.45) is 4.14. The molecular weight excluding hydrogens is 126 g/mol. The van der Waals surface area contributed by atoms with Crippen molar-refractivity contribution in [1.82, 2.24) is 0 Å². The van der Waals surface area contributed by atoms with E-state index >= 15 is 0 Å². The molecule has 0 amide bonds. The van der Waals surface area contributed by atoms with Crippen LogP contribution in [-0.4, -0.2) is 5.78 Å². The third-order valence-corrected chi connectivity index (χ3v) is 1.91. The molecule has 10 heavy (non-hydrogen) atoms. The van der Waals surface area contributed by atoms with E-state index in [4.69, 9.17) is 5.26 Å². The standard InChI is InChI=1S/C8H11NO/c9-6-7-3-1-2-4-8(10)5-7/h7H,1-5H2/t7-/m0/s1. The normalized spacial score (nSPS) is 27.1. The van der Waals surface area contributed by atoms with Crippen molar-refractivity contribution in [3.05, 3.63) is 0 Å². The summed E-state index contributed by atoms with van der Waals surface area (Å²) in [6.45, 7) is 0. The highest BCUT2D eigenvalue weighted by Crippen LogP contribution is 2.19. The van der Waals surface area contributed by atoms with Crippen LogP contribution in [-0.2, 0) is 4.79 Å². The van der Waals surface area contributed by atoms with E-state index < -0.39 is 0 Å². The quantitative estimate of drug-likeness (QED) is 0.476. The van der Waals surface area contributed by atoms with Crippen LogP contribution in [0.1, 0.15) is 32.1 Å². The summed E-state index contributed by atoms with van der Waals surface area (Å²) in [5, 5.41) is 8.53. The molecule has 0 bridgehead atoms. The Morgan fingerprint density at radius 1 is 1.50 bits per heavy atom. The van der Waals surface area contributed by atoms with Crippen LogP contribution in [0.15, 0.2) is 0 Å². The molecule has 2 heteroatoms. The SMILES string of the molecule is N#C[C@H]1CCCCC(=O)C1. The third kappa shape index (κ3) is 1.84. The van der Waals surface area contributed by atoms with E-state index in [1.807, 2.05) is 0 Å². The number of Topliss-reactive ketones (excluding diaryl/α,β-unsaturated/α-hetero) is 1. The summed E-state index contributed by atoms with van der Waals surface area (Å²) >= 11 is 0. The lowest BCUT2D eigenvalue weighted by Crippen LogP contribution is -2.01. The fraction of sp³-hybridized carbons (Fsp3) is 0.750. The maximum Gasteiger partial charge on any atom is 0.134 e. The Balaban J connectivity index is 2.47. The molecule has 0 aromatic carbocycles. The van der Waals surface area contributed by atoms with Crippen molar-refractivity contribution in [3.8, 4) is 6.07 Å². The zero-order valence-corrected chi connectivity index (χ0v) is 5.97. The lowest BCUT2D eigenvalue weighted by atomic mass is 10.0. The van der Waals surface area contributed by atoms with Crippen LogP contribution in [0.2, 0.25) is 0 Å². The first-order chi connectivity index (χ1) is 4.83. The Morgan fingerprint density at radius 3 is 3.00 bits per heavy atom. The van der Waals surface area contributed by atoms with E-state index in [0.29, 0.717) is 12.8 Å². The highest BCUT2D eigenvalue weighted by atomic mass is 16.1. The Labute approximate surface area is 60.8 Å². The first kappa shape index (κ1) is 7.27. The number of carbonyl (C=O) groups excluding carboxylic acids is 1. The van der Waals surface area contributed by atoms with Gasteiger partial charge in [-0.15, -0.1) is 0 Å². The van der Waals surface area contributed by atoms with Gasteiger partial charge in [0, 0.05) is 12.8 Å². The van der Waals surface area contributed by atoms with E-state index in [1.165, 1.54) is 0 Å². The van der Waals surface area contributed by atoms with Crippen LogP contribution in [0.3, 0.4) is 0 Å². The largest absolute Gasteiger partial charge is 0.300 e. The van der Waals surface area contributed by atoms with Gasteiger partial charge in [0.15, 0.2) is 0 Å². The monoisotopic (exact) mass is 137 g/mol. The number of ketones is 1. The molecule has 1 saturated carbocycles. The Bertz CT molecular complexity index is 169. The lowest BCUT2D eigenvalue weighted by Gasteiger charge is -1.99. The summed E-state index contributed by atoms with van der Waals surface area (Å²) in [6, 6.07) is 2.15. The van der Waals surface area contributed by atoms with Gasteiger partial charge in [0.2, 0.25) is 0 Å². The van der Waals surface area contributed by atoms with Crippen LogP contribution in [0.4, 0.5) is 0 Å². The molecule has 1 aliphatic carbocycles. The van der Waals surface area contributed by atoms with Gasteiger partial charge >= 0.3 is 0 Å². The van der Waals surface area contributed by atoms with Crippen molar-refractivity contribution in [3.63, 3.8) is 0 Å². The van der Waals surface area contributed by atoms with E-state index in [0.717, 1.165) is 19.3 Å². The predicted molar refractivity (Wildman–Crippen MR) is 37.2 cm³/mol. The minimum atomic E-state index is 0.00926. The highest BCUT2D eigenvalue weighted by Gasteiger charge is 2.16. The zero-order valence-electron chi connectivity index (χ0n) is 5.97. The first-order valence-electron chi connectivity index (χ1n) is 3.74. The van der Waals surface area contributed by atoms with Crippen LogP contribution >= 0.6 is 0 Å². The topological polar surface area (TPSA) is 40.9 Å². The van der Waals surface area contributed by atoms with Crippen LogP contribution < -0.4 is 0 Å². The van der Waals surface area contributed by atoms with E-state index in [9.17, 15) is 4.79 Å². The number of hydrogen-bond donors (Lipinski definition) is 0. The fourth-order valence-electron chi connectivity index (χ4n) is 1.30. The minimum Gasteiger partial charge on any atom is -0.300 e. The Morgan fingerprint density at radius 2 is 2.30 bits per heavy atom. The molecule has 0 aromatic rings. The number of hydrogen-bond acceptors (Lipinski definition) is 2. The van der Waals surface area contributed by atoms with Crippen LogP contribution in [0.5, 0.6) is 0 Å². The van der Waals surface area contributed by atoms with Gasteiger partial charge in [-0.1, -0.05) is 6.42 Å². The maximum absolute atomic E-state index is 10.9. The van der Waals surface area contributed by atoms with E-state index in [2.05, 4.69) is 6.07 Å². The van der Waals surface area contributed by atoms with Gasteiger partial charge in [-0.05, 0) is 12.8 Å². The Kier molecular flexibility index (Phi) is 2.44. The van der Waals surface area contributed by atoms with Gasteiger partial charge in [0.05, 0.1) is 12.0 Å². The molecular formula is C8H11NO. The molecule has 1 aliphatic rings. The molecule has 1 rings (SSSR count). The molecule has 0 spiro atoms. The lowest BCUT2D eigenvalue weighted by molar-refractivity contribution is -0.119. The summed E-state index contributed by atoms with van der Waals surface area (Å²) in [5.41, 5.74) is 0. The highest BCUT2D eigenvalue weighted by molar-refractivity contribution is 5.79. The van der Waals surface area contributed by atoms with E-state index in [-0.39, 0.29) is 11.7 Å². The van der Waals surface area contributed by atoms with Gasteiger partial charge in [-0.3, -0.25) is 4.79 Å². The van der Waals surface area contributed by atoms with E-state index in [1.54, 1.807) is 0 Å². The molecule has 2 nitrogen and oxygen atoms in total. The minimum absolute atomic E-state index is 0.00926. The average molecular weight is 137 g/mol. The zero-order chi connectivity index (χ0) is 7.40. The Hall–Kier alpha value is -0.840. The van der Waals surface area contributed by atoms with Crippen molar-refractivity contribution >= 4 is 5.78 Å². The molecule has 1 atom stereocenters. The van der Waals surface area contributed by atoms with Crippen LogP contribution in [0, 0.1) is 17.2 Å². The molecule has 0 unspecified atom stereocenters. The molecule has 0 aliphatic heterocycles. The van der Waals surface area contributed by atoms with Gasteiger partial charge in [0.1, 0.15) is 5.78 Å². The van der Waals surface area contributed by atoms with Gasteiger partial charge in [-0.2, -0.15) is 5.26 Å². The number of carbonyl (C=O) groups is 1. The van der Waals surface area contributed by atoms with Gasteiger partial charge in [0.25, 0.3) is 0 Å². The fourth-order valence-corrected chi connectivity index (χ4v) is 1.30. The second kappa shape index (κ2) is 3.36. The first-order valence-corrected chi connectivity index (χ1v) is 3.74. The summed E-state index contributed by atoms with van der Waals surface area (Å²) in [7, 11) is 0. The van der Waals surface area contributed by atoms with Gasteiger partial charge in [-0.25, -0.2) is 0 Å². The third-order valence-electron chi connectivity index (χ3n) is 1.91. The van der Waals surface area contributed by atoms with Crippen molar-refractivity contribution < 1.29 is 4.79 Å². The molecule has 0 aromatic heterocycles. The molecule has 0 heterocycles. The number of nitrogens with zero attached hydrogens (tertiary/aromatic N) is 1. The van der Waals surface area contributed by atoms with Crippen LogP contribution in [0.25, 0.3) is 0 Å². The second-order valence-corrected chi connectivity index (χ2v) is 2.81. The molecule has 1 fully saturated rings. The summed E-state index contributed by atoms with van der Waals surface area (Å²) in [5.74, 6) is 0.277. The van der Waals surface area contributed by atoms with Crippen molar-refractivity contribution in [2.75, 3.05) is 0 Å². The molecule has 0 saturated heterocycles. The van der Waals surface area contributed by atoms with Crippen molar-refractivity contribution in [2.45, 2.75) is 32.1 Å². The van der Waals surface area contributed by atoms with Crippen molar-refractivity contribution in [2.24, 2.45) is 5.92 Å². The number of nitriles is 1. The molecule has 54 valence electrons.